The summed E-state index contributed by atoms with van der Waals surface area (Å²) >= 11 is 0. The minimum absolute atomic E-state index is 0.102. The number of likely N-dealkylation sites (tertiary alicyclic amines) is 1. The predicted molar refractivity (Wildman–Crippen MR) is 106 cm³/mol. The van der Waals surface area contributed by atoms with Gasteiger partial charge in [0, 0.05) is 36.4 Å². The van der Waals surface area contributed by atoms with Crippen molar-refractivity contribution in [3.05, 3.63) is 59.9 Å². The lowest BCUT2D eigenvalue weighted by atomic mass is 9.89. The molecule has 2 aromatic heterocycles. The number of benzene rings is 1. The second-order valence-corrected chi connectivity index (χ2v) is 7.40. The highest BCUT2D eigenvalue weighted by Crippen LogP contribution is 2.33. The Balaban J connectivity index is 1.40. The van der Waals surface area contributed by atoms with Crippen molar-refractivity contribution in [2.24, 2.45) is 0 Å². The molecule has 27 heavy (non-hydrogen) atoms. The number of hydrogen-bond acceptors (Lipinski definition) is 3. The summed E-state index contributed by atoms with van der Waals surface area (Å²) in [5.41, 5.74) is 2.98. The molecule has 0 unspecified atom stereocenters. The number of fused-ring (bicyclic) bond motifs is 1. The number of aromatic amines is 1. The third-order valence-electron chi connectivity index (χ3n) is 5.18. The SMILES string of the molecule is CC(C)Oc1ccc(C(=O)N2CCC(c3c[nH]c4ncccc34)CC2)cc1. The average Bonchev–Trinajstić information content (AvgIpc) is 3.12. The number of nitrogens with zero attached hydrogens (tertiary/aromatic N) is 2. The molecule has 1 aliphatic rings. The minimum Gasteiger partial charge on any atom is -0.491 e. The Morgan fingerprint density at radius 3 is 2.63 bits per heavy atom. The van der Waals surface area contributed by atoms with E-state index in [0.717, 1.165) is 42.9 Å². The quantitative estimate of drug-likeness (QED) is 0.749. The van der Waals surface area contributed by atoms with E-state index in [1.54, 1.807) is 6.20 Å². The van der Waals surface area contributed by atoms with Crippen molar-refractivity contribution in [1.29, 1.82) is 0 Å². The van der Waals surface area contributed by atoms with Crippen LogP contribution < -0.4 is 4.74 Å². The number of H-pyrrole nitrogens is 1. The van der Waals surface area contributed by atoms with Crippen LogP contribution in [0.2, 0.25) is 0 Å². The van der Waals surface area contributed by atoms with Crippen LogP contribution in [0.3, 0.4) is 0 Å². The van der Waals surface area contributed by atoms with Crippen LogP contribution in [0, 0.1) is 0 Å². The number of amides is 1. The van der Waals surface area contributed by atoms with Crippen LogP contribution in [-0.4, -0.2) is 40.0 Å². The standard InChI is InChI=1S/C22H25N3O2/c1-15(2)27-18-7-5-17(6-8-18)22(26)25-12-9-16(10-13-25)20-14-24-21-19(20)4-3-11-23-21/h3-8,11,14-16H,9-10,12-13H2,1-2H3,(H,23,24). The van der Waals surface area contributed by atoms with Gasteiger partial charge in [-0.05, 0) is 74.6 Å². The maximum absolute atomic E-state index is 12.8. The lowest BCUT2D eigenvalue weighted by molar-refractivity contribution is 0.0713. The zero-order chi connectivity index (χ0) is 18.8. The van der Waals surface area contributed by atoms with Gasteiger partial charge in [0.1, 0.15) is 11.4 Å². The Labute approximate surface area is 159 Å². The molecule has 5 nitrogen and oxygen atoms in total. The molecule has 4 rings (SSSR count). The largest absolute Gasteiger partial charge is 0.491 e. The molecule has 3 heterocycles. The first-order chi connectivity index (χ1) is 13.1. The third kappa shape index (κ3) is 3.68. The van der Waals surface area contributed by atoms with Crippen molar-refractivity contribution >= 4 is 16.9 Å². The molecule has 0 spiro atoms. The van der Waals surface area contributed by atoms with E-state index in [-0.39, 0.29) is 12.0 Å². The Morgan fingerprint density at radius 1 is 1.19 bits per heavy atom. The van der Waals surface area contributed by atoms with Gasteiger partial charge in [-0.25, -0.2) is 4.98 Å². The van der Waals surface area contributed by atoms with E-state index >= 15 is 0 Å². The molecular formula is C22H25N3O2. The Kier molecular flexibility index (Phi) is 4.84. The van der Waals surface area contributed by atoms with Crippen LogP contribution >= 0.6 is 0 Å². The lowest BCUT2D eigenvalue weighted by Gasteiger charge is -2.32. The van der Waals surface area contributed by atoms with Gasteiger partial charge in [0.05, 0.1) is 6.10 Å². The highest BCUT2D eigenvalue weighted by molar-refractivity contribution is 5.94. The fourth-order valence-electron chi connectivity index (χ4n) is 3.84. The predicted octanol–water partition coefficient (Wildman–Crippen LogP) is 4.37. The van der Waals surface area contributed by atoms with Gasteiger partial charge in [-0.15, -0.1) is 0 Å². The van der Waals surface area contributed by atoms with Crippen molar-refractivity contribution < 1.29 is 9.53 Å². The molecule has 1 amide bonds. The monoisotopic (exact) mass is 363 g/mol. The molecule has 3 aromatic rings. The first-order valence-corrected chi connectivity index (χ1v) is 9.60. The first-order valence-electron chi connectivity index (χ1n) is 9.60. The van der Waals surface area contributed by atoms with Crippen molar-refractivity contribution in [3.63, 3.8) is 0 Å². The summed E-state index contributed by atoms with van der Waals surface area (Å²) in [6.45, 7) is 5.54. The van der Waals surface area contributed by atoms with E-state index in [4.69, 9.17) is 4.74 Å². The van der Waals surface area contributed by atoms with Gasteiger partial charge in [0.25, 0.3) is 5.91 Å². The zero-order valence-electron chi connectivity index (χ0n) is 15.8. The van der Waals surface area contributed by atoms with E-state index < -0.39 is 0 Å². The van der Waals surface area contributed by atoms with Crippen molar-refractivity contribution in [2.75, 3.05) is 13.1 Å². The highest BCUT2D eigenvalue weighted by Gasteiger charge is 2.26. The Morgan fingerprint density at radius 2 is 1.93 bits per heavy atom. The van der Waals surface area contributed by atoms with E-state index in [1.165, 1.54) is 10.9 Å². The lowest BCUT2D eigenvalue weighted by Crippen LogP contribution is -2.37. The van der Waals surface area contributed by atoms with Crippen molar-refractivity contribution in [3.8, 4) is 5.75 Å². The van der Waals surface area contributed by atoms with Crippen LogP contribution in [0.5, 0.6) is 5.75 Å². The van der Waals surface area contributed by atoms with Crippen LogP contribution in [0.25, 0.3) is 11.0 Å². The summed E-state index contributed by atoms with van der Waals surface area (Å²) in [6.07, 6.45) is 5.96. The number of nitrogens with one attached hydrogen (secondary N) is 1. The van der Waals surface area contributed by atoms with Crippen molar-refractivity contribution in [1.82, 2.24) is 14.9 Å². The number of aromatic nitrogens is 2. The molecule has 0 radical (unpaired) electrons. The van der Waals surface area contributed by atoms with Crippen molar-refractivity contribution in [2.45, 2.75) is 38.7 Å². The number of hydrogen-bond donors (Lipinski definition) is 1. The van der Waals surface area contributed by atoms with Gasteiger partial charge < -0.3 is 14.6 Å². The second kappa shape index (κ2) is 7.43. The third-order valence-corrected chi connectivity index (χ3v) is 5.18. The van der Waals surface area contributed by atoms with Gasteiger partial charge in [0.2, 0.25) is 0 Å². The number of carbonyl (C=O) groups is 1. The van der Waals surface area contributed by atoms with Gasteiger partial charge >= 0.3 is 0 Å². The van der Waals surface area contributed by atoms with Gasteiger partial charge in [-0.2, -0.15) is 0 Å². The summed E-state index contributed by atoms with van der Waals surface area (Å²) in [6, 6.07) is 11.6. The molecule has 1 aliphatic heterocycles. The van der Waals surface area contributed by atoms with E-state index in [2.05, 4.69) is 22.2 Å². The highest BCUT2D eigenvalue weighted by atomic mass is 16.5. The molecule has 1 fully saturated rings. The fourth-order valence-corrected chi connectivity index (χ4v) is 3.84. The van der Waals surface area contributed by atoms with E-state index in [1.807, 2.05) is 49.1 Å². The Hall–Kier alpha value is -2.82. The molecule has 0 atom stereocenters. The number of rotatable bonds is 4. The van der Waals surface area contributed by atoms with Gasteiger partial charge in [-0.1, -0.05) is 0 Å². The second-order valence-electron chi connectivity index (χ2n) is 7.40. The molecule has 5 heteroatoms. The molecule has 0 bridgehead atoms. The molecule has 1 saturated heterocycles. The first kappa shape index (κ1) is 17.6. The van der Waals surface area contributed by atoms with E-state index in [0.29, 0.717) is 5.92 Å². The zero-order valence-corrected chi connectivity index (χ0v) is 15.8. The number of carbonyl (C=O) groups excluding carboxylic acids is 1. The van der Waals surface area contributed by atoms with E-state index in [9.17, 15) is 4.79 Å². The van der Waals surface area contributed by atoms with Crippen LogP contribution in [0.1, 0.15) is 48.5 Å². The number of ether oxygens (including phenoxy) is 1. The maximum atomic E-state index is 12.8. The number of piperidine rings is 1. The molecule has 140 valence electrons. The van der Waals surface area contributed by atoms with Crippen LogP contribution in [0.4, 0.5) is 0 Å². The summed E-state index contributed by atoms with van der Waals surface area (Å²) in [5.74, 6) is 1.37. The van der Waals surface area contributed by atoms with Gasteiger partial charge in [-0.3, -0.25) is 4.79 Å². The molecule has 0 saturated carbocycles. The normalized spacial score (nSPS) is 15.4. The summed E-state index contributed by atoms with van der Waals surface area (Å²) in [5, 5.41) is 1.20. The summed E-state index contributed by atoms with van der Waals surface area (Å²) in [4.78, 5) is 22.4. The fraction of sp³-hybridized carbons (Fsp3) is 0.364. The Bertz CT molecular complexity index is 922. The molecule has 1 N–H and O–H groups in total. The summed E-state index contributed by atoms with van der Waals surface area (Å²) in [7, 11) is 0. The maximum Gasteiger partial charge on any atom is 0.253 e. The molecule has 0 aliphatic carbocycles. The van der Waals surface area contributed by atoms with Crippen LogP contribution in [0.15, 0.2) is 48.8 Å². The number of pyridine rings is 1. The van der Waals surface area contributed by atoms with Gasteiger partial charge in [0.15, 0.2) is 0 Å². The summed E-state index contributed by atoms with van der Waals surface area (Å²) < 4.78 is 5.65. The topological polar surface area (TPSA) is 58.2 Å². The minimum atomic E-state index is 0.102. The van der Waals surface area contributed by atoms with Crippen LogP contribution in [-0.2, 0) is 0 Å². The molecular weight excluding hydrogens is 338 g/mol. The average molecular weight is 363 g/mol. The smallest absolute Gasteiger partial charge is 0.253 e. The molecule has 1 aromatic carbocycles.